The Kier molecular flexibility index (Phi) is 4.23. The first kappa shape index (κ1) is 15.4. The Hall–Kier alpha value is -2.50. The smallest absolute Gasteiger partial charge is 0.326 e. The van der Waals surface area contributed by atoms with E-state index in [1.54, 1.807) is 48.5 Å². The largest absolute Gasteiger partial charge is 0.457 e. The molecule has 1 aliphatic heterocycles. The molecule has 1 heterocycles. The summed E-state index contributed by atoms with van der Waals surface area (Å²) in [5, 5.41) is 5.50. The lowest BCUT2D eigenvalue weighted by Gasteiger charge is -2.07. The minimum absolute atomic E-state index is 0.179. The number of carbonyl (C=O) groups is 2. The molecule has 0 radical (unpaired) electrons. The van der Waals surface area contributed by atoms with Crippen LogP contribution in [0.2, 0.25) is 10.0 Å². The monoisotopic (exact) mass is 348 g/mol. The van der Waals surface area contributed by atoms with Crippen molar-refractivity contribution in [2.75, 3.05) is 0 Å². The predicted octanol–water partition coefficient (Wildman–Crippen LogP) is 3.97. The lowest BCUT2D eigenvalue weighted by atomic mass is 10.2. The minimum Gasteiger partial charge on any atom is -0.457 e. The molecule has 0 saturated carbocycles. The molecular weight excluding hydrogens is 339 g/mol. The minimum atomic E-state index is -0.540. The van der Waals surface area contributed by atoms with Gasteiger partial charge in [-0.2, -0.15) is 0 Å². The number of nitrogens with one attached hydrogen (secondary N) is 2. The topological polar surface area (TPSA) is 67.4 Å². The zero-order valence-electron chi connectivity index (χ0n) is 11.6. The van der Waals surface area contributed by atoms with Crippen molar-refractivity contribution in [3.63, 3.8) is 0 Å². The number of amides is 3. The fraction of sp³-hybridized carbons (Fsp3) is 0. The van der Waals surface area contributed by atoms with Gasteiger partial charge in [0.25, 0.3) is 5.91 Å². The Morgan fingerprint density at radius 2 is 1.65 bits per heavy atom. The molecule has 0 aliphatic carbocycles. The third-order valence-corrected chi connectivity index (χ3v) is 3.40. The van der Waals surface area contributed by atoms with Crippen LogP contribution in [0.3, 0.4) is 0 Å². The molecule has 3 rings (SSSR count). The molecule has 0 spiro atoms. The molecular formula is C16H10Cl2N2O3. The number of ether oxygens (including phenoxy) is 1. The summed E-state index contributed by atoms with van der Waals surface area (Å²) >= 11 is 11.9. The number of imide groups is 1. The number of benzene rings is 2. The van der Waals surface area contributed by atoms with E-state index in [9.17, 15) is 9.59 Å². The third kappa shape index (κ3) is 3.83. The second-order valence-electron chi connectivity index (χ2n) is 4.75. The van der Waals surface area contributed by atoms with Crippen molar-refractivity contribution < 1.29 is 14.3 Å². The van der Waals surface area contributed by atoms with Crippen molar-refractivity contribution in [1.29, 1.82) is 0 Å². The molecule has 0 bridgehead atoms. The maximum Gasteiger partial charge on any atom is 0.326 e. The van der Waals surface area contributed by atoms with Crippen LogP contribution in [0.4, 0.5) is 4.79 Å². The van der Waals surface area contributed by atoms with Crippen LogP contribution < -0.4 is 15.4 Å². The average Bonchev–Trinajstić information content (AvgIpc) is 2.76. The summed E-state index contributed by atoms with van der Waals surface area (Å²) in [4.78, 5) is 22.6. The molecule has 1 saturated heterocycles. The maximum absolute atomic E-state index is 11.5. The fourth-order valence-corrected chi connectivity index (χ4v) is 2.55. The van der Waals surface area contributed by atoms with Crippen LogP contribution in [0.25, 0.3) is 6.08 Å². The van der Waals surface area contributed by atoms with Crippen molar-refractivity contribution in [3.8, 4) is 11.5 Å². The summed E-state index contributed by atoms with van der Waals surface area (Å²) in [5.74, 6) is 0.574. The molecule has 0 unspecified atom stereocenters. The first-order valence-corrected chi connectivity index (χ1v) is 7.33. The van der Waals surface area contributed by atoms with Crippen LogP contribution >= 0.6 is 23.2 Å². The summed E-state index contributed by atoms with van der Waals surface area (Å²) in [6.45, 7) is 0. The molecule has 23 heavy (non-hydrogen) atoms. The van der Waals surface area contributed by atoms with E-state index in [0.29, 0.717) is 27.1 Å². The first-order chi connectivity index (χ1) is 11.0. The fourth-order valence-electron chi connectivity index (χ4n) is 2.04. The Morgan fingerprint density at radius 1 is 0.913 bits per heavy atom. The van der Waals surface area contributed by atoms with E-state index in [0.717, 1.165) is 0 Å². The van der Waals surface area contributed by atoms with Crippen molar-refractivity contribution in [2.45, 2.75) is 0 Å². The van der Waals surface area contributed by atoms with E-state index < -0.39 is 11.9 Å². The molecule has 2 N–H and O–H groups in total. The molecule has 0 atom stereocenters. The highest BCUT2D eigenvalue weighted by Crippen LogP contribution is 2.29. The van der Waals surface area contributed by atoms with E-state index in [2.05, 4.69) is 10.6 Å². The number of rotatable bonds is 3. The predicted molar refractivity (Wildman–Crippen MR) is 87.6 cm³/mol. The second kappa shape index (κ2) is 6.32. The summed E-state index contributed by atoms with van der Waals surface area (Å²) in [7, 11) is 0. The second-order valence-corrected chi connectivity index (χ2v) is 5.62. The van der Waals surface area contributed by atoms with Crippen LogP contribution in [-0.2, 0) is 4.79 Å². The lowest BCUT2D eigenvalue weighted by molar-refractivity contribution is -0.115. The number of urea groups is 1. The van der Waals surface area contributed by atoms with Gasteiger partial charge in [-0.3, -0.25) is 10.1 Å². The number of hydrogen-bond donors (Lipinski definition) is 2. The van der Waals surface area contributed by atoms with Gasteiger partial charge in [-0.15, -0.1) is 0 Å². The van der Waals surface area contributed by atoms with Gasteiger partial charge < -0.3 is 10.1 Å². The summed E-state index contributed by atoms with van der Waals surface area (Å²) in [6.07, 6.45) is 1.55. The van der Waals surface area contributed by atoms with Gasteiger partial charge in [-0.05, 0) is 42.0 Å². The van der Waals surface area contributed by atoms with Gasteiger partial charge in [0.05, 0.1) is 0 Å². The molecule has 1 aliphatic rings. The van der Waals surface area contributed by atoms with Crippen molar-refractivity contribution >= 4 is 41.2 Å². The van der Waals surface area contributed by atoms with Crippen molar-refractivity contribution in [3.05, 3.63) is 63.8 Å². The van der Waals surface area contributed by atoms with Crippen molar-refractivity contribution in [1.82, 2.24) is 10.6 Å². The van der Waals surface area contributed by atoms with Crippen LogP contribution in [-0.4, -0.2) is 11.9 Å². The molecule has 3 amide bonds. The van der Waals surface area contributed by atoms with E-state index >= 15 is 0 Å². The zero-order valence-corrected chi connectivity index (χ0v) is 13.1. The Balaban J connectivity index is 1.84. The van der Waals surface area contributed by atoms with Gasteiger partial charge in [-0.25, -0.2) is 4.79 Å². The maximum atomic E-state index is 11.5. The van der Waals surface area contributed by atoms with Gasteiger partial charge in [0.1, 0.15) is 17.2 Å². The van der Waals surface area contributed by atoms with Crippen molar-refractivity contribution in [2.24, 2.45) is 0 Å². The molecule has 116 valence electrons. The Labute approximate surface area is 141 Å². The Bertz CT molecular complexity index is 814. The normalized spacial score (nSPS) is 15.5. The van der Waals surface area contributed by atoms with Gasteiger partial charge in [0.2, 0.25) is 0 Å². The van der Waals surface area contributed by atoms with Gasteiger partial charge in [-0.1, -0.05) is 35.3 Å². The van der Waals surface area contributed by atoms with Crippen LogP contribution in [0, 0.1) is 0 Å². The van der Waals surface area contributed by atoms with Gasteiger partial charge >= 0.3 is 6.03 Å². The highest BCUT2D eigenvalue weighted by molar-refractivity contribution is 6.34. The van der Waals surface area contributed by atoms with Gasteiger partial charge in [0.15, 0.2) is 0 Å². The molecule has 2 aromatic rings. The van der Waals surface area contributed by atoms with E-state index in [1.165, 1.54) is 0 Å². The average molecular weight is 349 g/mol. The summed E-state index contributed by atoms with van der Waals surface area (Å²) in [5.41, 5.74) is 0.876. The number of halogens is 2. The summed E-state index contributed by atoms with van der Waals surface area (Å²) in [6, 6.07) is 11.4. The quantitative estimate of drug-likeness (QED) is 0.651. The standard InChI is InChI=1S/C16H10Cl2N2O3/c17-10-6-11(18)8-13(7-10)23-12-3-1-2-9(4-12)5-14-15(21)20-16(22)19-14/h1-8H,(H2,19,20,21,22)/b14-5+. The molecule has 2 aromatic carbocycles. The third-order valence-electron chi connectivity index (χ3n) is 2.96. The van der Waals surface area contributed by atoms with E-state index in [1.807, 2.05) is 0 Å². The highest BCUT2D eigenvalue weighted by Gasteiger charge is 2.22. The molecule has 1 fully saturated rings. The van der Waals surface area contributed by atoms with Gasteiger partial charge in [0, 0.05) is 10.0 Å². The molecule has 7 heteroatoms. The molecule has 0 aromatic heterocycles. The highest BCUT2D eigenvalue weighted by atomic mass is 35.5. The summed E-state index contributed by atoms with van der Waals surface area (Å²) < 4.78 is 5.71. The molecule has 5 nitrogen and oxygen atoms in total. The number of carbonyl (C=O) groups excluding carboxylic acids is 2. The van der Waals surface area contributed by atoms with Crippen LogP contribution in [0.5, 0.6) is 11.5 Å². The zero-order chi connectivity index (χ0) is 16.4. The SMILES string of the molecule is O=C1NC(=O)/C(=C\c2cccc(Oc3cc(Cl)cc(Cl)c3)c2)N1. The van der Waals surface area contributed by atoms with Crippen LogP contribution in [0.1, 0.15) is 5.56 Å². The van der Waals surface area contributed by atoms with Crippen LogP contribution in [0.15, 0.2) is 48.2 Å². The lowest BCUT2D eigenvalue weighted by Crippen LogP contribution is -2.22. The Morgan fingerprint density at radius 3 is 2.30 bits per heavy atom. The van der Waals surface area contributed by atoms with E-state index in [-0.39, 0.29) is 5.70 Å². The van der Waals surface area contributed by atoms with E-state index in [4.69, 9.17) is 27.9 Å². The number of hydrogen-bond acceptors (Lipinski definition) is 3. The first-order valence-electron chi connectivity index (χ1n) is 6.58.